The highest BCUT2D eigenvalue weighted by atomic mass is 16.6. The zero-order valence-electron chi connectivity index (χ0n) is 13.0. The lowest BCUT2D eigenvalue weighted by molar-refractivity contribution is -0.392. The second-order valence-electron chi connectivity index (χ2n) is 5.42. The summed E-state index contributed by atoms with van der Waals surface area (Å²) in [5.74, 6) is 0.317. The Kier molecular flexibility index (Phi) is 4.75. The van der Waals surface area contributed by atoms with Crippen molar-refractivity contribution in [3.05, 3.63) is 67.8 Å². The maximum Gasteiger partial charge on any atom is 0.301 e. The summed E-state index contributed by atoms with van der Waals surface area (Å²) in [5, 5.41) is 34.1. The van der Waals surface area contributed by atoms with E-state index < -0.39 is 21.2 Å². The molecule has 8 heteroatoms. The minimum absolute atomic E-state index is 0.144. The predicted molar refractivity (Wildman–Crippen MR) is 88.3 cm³/mol. The third kappa shape index (κ3) is 3.47. The number of nitrogens with one attached hydrogen (secondary N) is 1. The normalized spacial score (nSPS) is 10.2. The van der Waals surface area contributed by atoms with Gasteiger partial charge in [-0.3, -0.25) is 20.2 Å². The first kappa shape index (κ1) is 16.9. The molecule has 2 aromatic rings. The van der Waals surface area contributed by atoms with Gasteiger partial charge in [-0.05, 0) is 23.6 Å². The Morgan fingerprint density at radius 1 is 1.04 bits per heavy atom. The van der Waals surface area contributed by atoms with Crippen LogP contribution in [0.3, 0.4) is 0 Å². The van der Waals surface area contributed by atoms with Gasteiger partial charge in [-0.2, -0.15) is 5.26 Å². The van der Waals surface area contributed by atoms with Crippen molar-refractivity contribution >= 4 is 22.7 Å². The minimum atomic E-state index is -0.751. The van der Waals surface area contributed by atoms with Gasteiger partial charge in [0.2, 0.25) is 0 Å². The molecule has 0 aliphatic carbocycles. The van der Waals surface area contributed by atoms with Crippen molar-refractivity contribution in [1.29, 1.82) is 5.26 Å². The first-order valence-electron chi connectivity index (χ1n) is 7.07. The maximum atomic E-state index is 11.2. The zero-order valence-corrected chi connectivity index (χ0v) is 13.0. The van der Waals surface area contributed by atoms with Crippen molar-refractivity contribution in [3.63, 3.8) is 0 Å². The Bertz CT molecular complexity index is 803. The predicted octanol–water partition coefficient (Wildman–Crippen LogP) is 4.24. The first-order valence-corrected chi connectivity index (χ1v) is 7.07. The molecule has 0 saturated heterocycles. The molecule has 8 nitrogen and oxygen atoms in total. The lowest BCUT2D eigenvalue weighted by Crippen LogP contribution is -2.03. The standard InChI is InChI=1S/C16H14N4O4/c1-10(2)12-3-5-13(6-4-12)18-16-14(19(21)22)7-11(9-17)8-15(16)20(23)24/h3-8,10,18H,1-2H3. The molecule has 0 aromatic heterocycles. The number of hydrogen-bond acceptors (Lipinski definition) is 6. The smallest absolute Gasteiger partial charge is 0.301 e. The van der Waals surface area contributed by atoms with E-state index in [0.717, 1.165) is 17.7 Å². The second kappa shape index (κ2) is 6.75. The number of nitro benzene ring substituents is 2. The quantitative estimate of drug-likeness (QED) is 0.647. The highest BCUT2D eigenvalue weighted by Gasteiger charge is 2.27. The van der Waals surface area contributed by atoms with Crippen molar-refractivity contribution < 1.29 is 9.85 Å². The summed E-state index contributed by atoms with van der Waals surface area (Å²) < 4.78 is 0. The Morgan fingerprint density at radius 3 is 1.92 bits per heavy atom. The van der Waals surface area contributed by atoms with Gasteiger partial charge in [-0.25, -0.2) is 0 Å². The average Bonchev–Trinajstić information content (AvgIpc) is 2.54. The molecule has 0 saturated carbocycles. The van der Waals surface area contributed by atoms with Crippen LogP contribution in [-0.4, -0.2) is 9.85 Å². The number of nitrogens with zero attached hydrogens (tertiary/aromatic N) is 3. The summed E-state index contributed by atoms with van der Waals surface area (Å²) in [6.45, 7) is 4.05. The fraction of sp³-hybridized carbons (Fsp3) is 0.188. The van der Waals surface area contributed by atoms with Gasteiger partial charge >= 0.3 is 11.4 Å². The lowest BCUT2D eigenvalue weighted by Gasteiger charge is -2.10. The van der Waals surface area contributed by atoms with Crippen LogP contribution < -0.4 is 5.32 Å². The molecule has 0 heterocycles. The van der Waals surface area contributed by atoms with E-state index in [4.69, 9.17) is 5.26 Å². The van der Waals surface area contributed by atoms with E-state index >= 15 is 0 Å². The molecule has 24 heavy (non-hydrogen) atoms. The first-order chi connectivity index (χ1) is 11.3. The van der Waals surface area contributed by atoms with Crippen molar-refractivity contribution in [2.45, 2.75) is 19.8 Å². The Balaban J connectivity index is 2.53. The number of benzene rings is 2. The van der Waals surface area contributed by atoms with E-state index in [1.807, 2.05) is 26.0 Å². The summed E-state index contributed by atoms with van der Waals surface area (Å²) >= 11 is 0. The zero-order chi connectivity index (χ0) is 17.9. The van der Waals surface area contributed by atoms with Crippen LogP contribution in [0.25, 0.3) is 0 Å². The van der Waals surface area contributed by atoms with E-state index in [0.29, 0.717) is 11.6 Å². The highest BCUT2D eigenvalue weighted by Crippen LogP contribution is 2.37. The van der Waals surface area contributed by atoms with Crippen molar-refractivity contribution in [2.24, 2.45) is 0 Å². The Morgan fingerprint density at radius 2 is 1.54 bits per heavy atom. The maximum absolute atomic E-state index is 11.2. The van der Waals surface area contributed by atoms with Gasteiger partial charge in [-0.1, -0.05) is 26.0 Å². The third-order valence-electron chi connectivity index (χ3n) is 3.47. The van der Waals surface area contributed by atoms with Crippen molar-refractivity contribution in [1.82, 2.24) is 0 Å². The van der Waals surface area contributed by atoms with Gasteiger partial charge in [0, 0.05) is 17.8 Å². The van der Waals surface area contributed by atoms with E-state index in [9.17, 15) is 20.2 Å². The number of anilines is 2. The number of hydrogen-bond donors (Lipinski definition) is 1. The fourth-order valence-electron chi connectivity index (χ4n) is 2.19. The lowest BCUT2D eigenvalue weighted by atomic mass is 10.0. The molecular weight excluding hydrogens is 312 g/mol. The average molecular weight is 326 g/mol. The SMILES string of the molecule is CC(C)c1ccc(Nc2c([N+](=O)[O-])cc(C#N)cc2[N+](=O)[O-])cc1. The monoisotopic (exact) mass is 326 g/mol. The molecule has 0 atom stereocenters. The summed E-state index contributed by atoms with van der Waals surface area (Å²) in [5.41, 5.74) is 0.123. The molecule has 0 fully saturated rings. The molecule has 0 amide bonds. The van der Waals surface area contributed by atoms with E-state index in [1.165, 1.54) is 0 Å². The van der Waals surface area contributed by atoms with Crippen LogP contribution in [-0.2, 0) is 0 Å². The van der Waals surface area contributed by atoms with Gasteiger partial charge in [-0.15, -0.1) is 0 Å². The van der Waals surface area contributed by atoms with Crippen LogP contribution in [0.15, 0.2) is 36.4 Å². The number of rotatable bonds is 5. The van der Waals surface area contributed by atoms with E-state index in [1.54, 1.807) is 18.2 Å². The van der Waals surface area contributed by atoms with Crippen LogP contribution >= 0.6 is 0 Å². The highest BCUT2D eigenvalue weighted by molar-refractivity contribution is 5.80. The van der Waals surface area contributed by atoms with Gasteiger partial charge < -0.3 is 5.32 Å². The topological polar surface area (TPSA) is 122 Å². The Labute approximate surface area is 137 Å². The summed E-state index contributed by atoms with van der Waals surface area (Å²) in [6.07, 6.45) is 0. The second-order valence-corrected chi connectivity index (χ2v) is 5.42. The molecule has 0 aliphatic heterocycles. The van der Waals surface area contributed by atoms with Crippen LogP contribution in [0.2, 0.25) is 0 Å². The van der Waals surface area contributed by atoms with Gasteiger partial charge in [0.15, 0.2) is 5.69 Å². The van der Waals surface area contributed by atoms with Gasteiger partial charge in [0.25, 0.3) is 0 Å². The third-order valence-corrected chi connectivity index (χ3v) is 3.47. The fourth-order valence-corrected chi connectivity index (χ4v) is 2.19. The molecule has 2 rings (SSSR count). The number of nitro groups is 2. The summed E-state index contributed by atoms with van der Waals surface area (Å²) in [7, 11) is 0. The molecule has 0 radical (unpaired) electrons. The molecule has 0 spiro atoms. The minimum Gasteiger partial charge on any atom is -0.344 e. The molecule has 122 valence electrons. The van der Waals surface area contributed by atoms with E-state index in [-0.39, 0.29) is 11.3 Å². The van der Waals surface area contributed by atoms with Crippen molar-refractivity contribution in [2.75, 3.05) is 5.32 Å². The molecule has 0 bridgehead atoms. The van der Waals surface area contributed by atoms with Crippen LogP contribution in [0.4, 0.5) is 22.7 Å². The molecular formula is C16H14N4O4. The Hall–Kier alpha value is -3.47. The number of nitriles is 1. The largest absolute Gasteiger partial charge is 0.344 e. The van der Waals surface area contributed by atoms with Gasteiger partial charge in [0.05, 0.1) is 21.5 Å². The summed E-state index contributed by atoms with van der Waals surface area (Å²) in [4.78, 5) is 21.0. The van der Waals surface area contributed by atoms with E-state index in [2.05, 4.69) is 5.32 Å². The molecule has 2 aromatic carbocycles. The molecule has 1 N–H and O–H groups in total. The summed E-state index contributed by atoms with van der Waals surface area (Å²) in [6, 6.07) is 10.8. The van der Waals surface area contributed by atoms with Crippen molar-refractivity contribution in [3.8, 4) is 6.07 Å². The van der Waals surface area contributed by atoms with Crippen LogP contribution in [0, 0.1) is 31.6 Å². The molecule has 0 aliphatic rings. The van der Waals surface area contributed by atoms with Crippen LogP contribution in [0.5, 0.6) is 0 Å². The molecule has 0 unspecified atom stereocenters. The van der Waals surface area contributed by atoms with Gasteiger partial charge in [0.1, 0.15) is 0 Å². The van der Waals surface area contributed by atoms with Crippen LogP contribution in [0.1, 0.15) is 30.9 Å².